The number of hydrogen-bond donors (Lipinski definition) is 3. The number of nitrogens with one attached hydrogen (secondary N) is 2. The third kappa shape index (κ3) is 7.35. The van der Waals surface area contributed by atoms with Gasteiger partial charge in [0.2, 0.25) is 5.91 Å². The number of aliphatic hydroxyl groups excluding tert-OH is 1. The lowest BCUT2D eigenvalue weighted by Gasteiger charge is -2.34. The van der Waals surface area contributed by atoms with E-state index in [2.05, 4.69) is 15.0 Å². The van der Waals surface area contributed by atoms with Crippen molar-refractivity contribution in [2.45, 2.75) is 37.4 Å². The van der Waals surface area contributed by atoms with Gasteiger partial charge in [-0.05, 0) is 37.3 Å². The van der Waals surface area contributed by atoms with E-state index in [1.165, 1.54) is 22.0 Å². The van der Waals surface area contributed by atoms with Crippen LogP contribution in [0.2, 0.25) is 0 Å². The van der Waals surface area contributed by atoms with Crippen molar-refractivity contribution >= 4 is 33.3 Å². The smallest absolute Gasteiger partial charge is 0.321 e. The zero-order valence-electron chi connectivity index (χ0n) is 23.5. The number of urea groups is 1. The molecule has 13 heteroatoms. The predicted molar refractivity (Wildman–Crippen MR) is 154 cm³/mol. The second kappa shape index (κ2) is 12.6. The average molecular weight is 585 g/mol. The Labute approximate surface area is 240 Å². The first-order chi connectivity index (χ1) is 19.5. The van der Waals surface area contributed by atoms with E-state index in [0.29, 0.717) is 23.5 Å². The highest BCUT2D eigenvalue weighted by Gasteiger charge is 2.32. The normalized spacial score (nSPS) is 18.3. The summed E-state index contributed by atoms with van der Waals surface area (Å²) in [6.07, 6.45) is 2.19. The fourth-order valence-electron chi connectivity index (χ4n) is 4.54. The molecule has 4 rings (SSSR count). The van der Waals surface area contributed by atoms with Crippen LogP contribution in [0.15, 0.2) is 66.1 Å². The minimum absolute atomic E-state index is 0.0669. The zero-order valence-corrected chi connectivity index (χ0v) is 24.3. The van der Waals surface area contributed by atoms with Gasteiger partial charge in [-0.3, -0.25) is 9.52 Å². The summed E-state index contributed by atoms with van der Waals surface area (Å²) in [6, 6.07) is 13.1. The van der Waals surface area contributed by atoms with Gasteiger partial charge in [-0.25, -0.2) is 9.78 Å². The summed E-state index contributed by atoms with van der Waals surface area (Å²) in [4.78, 5) is 33.4. The van der Waals surface area contributed by atoms with E-state index in [1.54, 1.807) is 56.3 Å². The standard InChI is InChI=1S/C28H36N6O6S/c1-19-14-34(20(2)17-35)27(36)13-21-12-23(31-41(38,39)26-16-32(3)18-29-26)10-11-24(21)40-25(19)15-33(4)28(37)30-22-8-6-5-7-9-22/h5-12,16,18-20,25,31,35H,13-15,17H2,1-4H3,(H,30,37)/t19-,20+,25+/m0/s1. The number of aliphatic hydroxyl groups is 1. The molecular formula is C28H36N6O6S. The SMILES string of the molecule is C[C@H](CO)N1C[C@H](C)[C@@H](CN(C)C(=O)Nc2ccccc2)Oc2ccc(NS(=O)(=O)c3cn(C)cn3)cc2CC1=O. The maximum Gasteiger partial charge on any atom is 0.321 e. The van der Waals surface area contributed by atoms with Crippen molar-refractivity contribution in [1.82, 2.24) is 19.4 Å². The van der Waals surface area contributed by atoms with Crippen LogP contribution < -0.4 is 14.8 Å². The molecule has 0 saturated heterocycles. The second-order valence-electron chi connectivity index (χ2n) is 10.4. The van der Waals surface area contributed by atoms with Gasteiger partial charge in [0.1, 0.15) is 11.9 Å². The van der Waals surface area contributed by atoms with Crippen molar-refractivity contribution in [1.29, 1.82) is 0 Å². The van der Waals surface area contributed by atoms with Crippen LogP contribution >= 0.6 is 0 Å². The Hall–Kier alpha value is -4.10. The lowest BCUT2D eigenvalue weighted by Crippen LogP contribution is -2.48. The van der Waals surface area contributed by atoms with Crippen LogP contribution in [0.3, 0.4) is 0 Å². The Morgan fingerprint density at radius 2 is 1.95 bits per heavy atom. The quantitative estimate of drug-likeness (QED) is 0.369. The van der Waals surface area contributed by atoms with Gasteiger partial charge in [0.25, 0.3) is 10.0 Å². The molecule has 0 spiro atoms. The van der Waals surface area contributed by atoms with Gasteiger partial charge < -0.3 is 29.5 Å². The van der Waals surface area contributed by atoms with Crippen LogP contribution in [-0.2, 0) is 28.3 Å². The highest BCUT2D eigenvalue weighted by atomic mass is 32.2. The molecule has 3 amide bonds. The Kier molecular flexibility index (Phi) is 9.18. The van der Waals surface area contributed by atoms with E-state index in [-0.39, 0.29) is 48.1 Å². The fraction of sp³-hybridized carbons (Fsp3) is 0.393. The third-order valence-electron chi connectivity index (χ3n) is 6.95. The minimum atomic E-state index is -3.96. The Morgan fingerprint density at radius 3 is 2.61 bits per heavy atom. The molecule has 1 aromatic heterocycles. The van der Waals surface area contributed by atoms with Gasteiger partial charge in [0, 0.05) is 49.7 Å². The van der Waals surface area contributed by atoms with Gasteiger partial charge in [0.05, 0.1) is 31.9 Å². The minimum Gasteiger partial charge on any atom is -0.488 e. The van der Waals surface area contributed by atoms with Crippen LogP contribution in [0, 0.1) is 5.92 Å². The Balaban J connectivity index is 1.62. The van der Waals surface area contributed by atoms with Crippen molar-refractivity contribution in [3.63, 3.8) is 0 Å². The average Bonchev–Trinajstić information content (AvgIpc) is 3.40. The van der Waals surface area contributed by atoms with E-state index in [1.807, 2.05) is 25.1 Å². The molecule has 2 heterocycles. The van der Waals surface area contributed by atoms with Crippen molar-refractivity contribution in [2.75, 3.05) is 36.8 Å². The number of hydrogen-bond acceptors (Lipinski definition) is 7. The molecule has 2 aromatic carbocycles. The Bertz CT molecular complexity index is 1480. The number of aromatic nitrogens is 2. The molecule has 1 aliphatic heterocycles. The molecule has 3 aromatic rings. The number of ether oxygens (including phenoxy) is 1. The summed E-state index contributed by atoms with van der Waals surface area (Å²) in [5, 5.41) is 12.6. The van der Waals surface area contributed by atoms with Crippen molar-refractivity contribution in [3.8, 4) is 5.75 Å². The first-order valence-electron chi connectivity index (χ1n) is 13.2. The van der Waals surface area contributed by atoms with Crippen LogP contribution in [0.25, 0.3) is 0 Å². The lowest BCUT2D eigenvalue weighted by atomic mass is 10.0. The van der Waals surface area contributed by atoms with E-state index in [0.717, 1.165) is 0 Å². The summed E-state index contributed by atoms with van der Waals surface area (Å²) in [6.45, 7) is 3.98. The summed E-state index contributed by atoms with van der Waals surface area (Å²) >= 11 is 0. The van der Waals surface area contributed by atoms with E-state index in [4.69, 9.17) is 4.74 Å². The van der Waals surface area contributed by atoms with Gasteiger partial charge in [0.15, 0.2) is 5.03 Å². The maximum atomic E-state index is 13.4. The first kappa shape index (κ1) is 29.9. The first-order valence-corrected chi connectivity index (χ1v) is 14.7. The fourth-order valence-corrected chi connectivity index (χ4v) is 5.57. The molecule has 41 heavy (non-hydrogen) atoms. The molecule has 1 aliphatic rings. The summed E-state index contributed by atoms with van der Waals surface area (Å²) in [5.74, 6) is -0.0385. The number of imidazole rings is 1. The van der Waals surface area contributed by atoms with Crippen LogP contribution in [-0.4, -0.2) is 83.7 Å². The number of nitrogens with zero attached hydrogens (tertiary/aromatic N) is 4. The maximum absolute atomic E-state index is 13.4. The summed E-state index contributed by atoms with van der Waals surface area (Å²) < 4.78 is 36.2. The van der Waals surface area contributed by atoms with Gasteiger partial charge in [-0.15, -0.1) is 0 Å². The third-order valence-corrected chi connectivity index (χ3v) is 8.22. The number of para-hydroxylation sites is 1. The predicted octanol–water partition coefficient (Wildman–Crippen LogP) is 2.53. The molecule has 0 radical (unpaired) electrons. The number of benzene rings is 2. The summed E-state index contributed by atoms with van der Waals surface area (Å²) in [7, 11) is -0.625. The topological polar surface area (TPSA) is 146 Å². The molecule has 0 aliphatic carbocycles. The Morgan fingerprint density at radius 1 is 1.22 bits per heavy atom. The number of likely N-dealkylation sites (N-methyl/N-ethyl adjacent to an activating group) is 1. The number of anilines is 2. The van der Waals surface area contributed by atoms with Gasteiger partial charge in [-0.2, -0.15) is 8.42 Å². The molecule has 3 N–H and O–H groups in total. The molecule has 0 saturated carbocycles. The number of sulfonamides is 1. The second-order valence-corrected chi connectivity index (χ2v) is 12.0. The number of rotatable bonds is 8. The largest absolute Gasteiger partial charge is 0.488 e. The van der Waals surface area contributed by atoms with Crippen molar-refractivity contribution in [2.24, 2.45) is 13.0 Å². The van der Waals surface area contributed by atoms with Crippen molar-refractivity contribution < 1.29 is 27.9 Å². The molecule has 220 valence electrons. The van der Waals surface area contributed by atoms with Crippen LogP contribution in [0.1, 0.15) is 19.4 Å². The van der Waals surface area contributed by atoms with Gasteiger partial charge in [-0.1, -0.05) is 25.1 Å². The lowest BCUT2D eigenvalue weighted by molar-refractivity contribution is -0.134. The molecular weight excluding hydrogens is 548 g/mol. The van der Waals surface area contributed by atoms with E-state index < -0.39 is 22.2 Å². The molecule has 0 bridgehead atoms. The van der Waals surface area contributed by atoms with Gasteiger partial charge >= 0.3 is 6.03 Å². The molecule has 12 nitrogen and oxygen atoms in total. The van der Waals surface area contributed by atoms with Crippen molar-refractivity contribution in [3.05, 3.63) is 66.6 Å². The van der Waals surface area contributed by atoms with E-state index >= 15 is 0 Å². The number of fused-ring (bicyclic) bond motifs is 1. The zero-order chi connectivity index (χ0) is 29.7. The summed E-state index contributed by atoms with van der Waals surface area (Å²) in [5.41, 5.74) is 1.38. The highest BCUT2D eigenvalue weighted by molar-refractivity contribution is 7.92. The van der Waals surface area contributed by atoms with E-state index in [9.17, 15) is 23.1 Å². The van der Waals surface area contributed by atoms with Crippen LogP contribution in [0.4, 0.5) is 16.2 Å². The molecule has 0 unspecified atom stereocenters. The van der Waals surface area contributed by atoms with Crippen LogP contribution in [0.5, 0.6) is 5.75 Å². The number of carbonyl (C=O) groups is 2. The molecule has 0 fully saturated rings. The molecule has 3 atom stereocenters. The number of aryl methyl sites for hydroxylation is 1. The number of carbonyl (C=O) groups excluding carboxylic acids is 2. The number of amides is 3. The monoisotopic (exact) mass is 584 g/mol. The highest BCUT2D eigenvalue weighted by Crippen LogP contribution is 2.30.